The van der Waals surface area contributed by atoms with Crippen LogP contribution in [0.2, 0.25) is 0 Å². The monoisotopic (exact) mass is 329 g/mol. The van der Waals surface area contributed by atoms with E-state index in [1.54, 1.807) is 6.33 Å². The molecule has 0 bridgehead atoms. The number of nitrogens with zero attached hydrogens (tertiary/aromatic N) is 3. The quantitative estimate of drug-likeness (QED) is 0.863. The van der Waals surface area contributed by atoms with Crippen molar-refractivity contribution in [3.8, 4) is 0 Å². The SMILES string of the molecule is Cn1cncc1CCC(=O)N1CCC[C@@H](c2ccc(F)cc2)CC1. The summed E-state index contributed by atoms with van der Waals surface area (Å²) in [6.07, 6.45) is 7.84. The van der Waals surface area contributed by atoms with Crippen molar-refractivity contribution in [2.45, 2.75) is 38.0 Å². The number of benzene rings is 1. The minimum absolute atomic E-state index is 0.195. The Hall–Kier alpha value is -2.17. The van der Waals surface area contributed by atoms with Crippen molar-refractivity contribution < 1.29 is 9.18 Å². The molecule has 1 atom stereocenters. The predicted octanol–water partition coefficient (Wildman–Crippen LogP) is 3.29. The summed E-state index contributed by atoms with van der Waals surface area (Å²) in [7, 11) is 1.95. The number of rotatable bonds is 4. The summed E-state index contributed by atoms with van der Waals surface area (Å²) in [4.78, 5) is 18.6. The molecule has 0 N–H and O–H groups in total. The lowest BCUT2D eigenvalue weighted by Crippen LogP contribution is -2.32. The maximum absolute atomic E-state index is 13.1. The first-order valence-corrected chi connectivity index (χ1v) is 8.62. The predicted molar refractivity (Wildman–Crippen MR) is 91.1 cm³/mol. The van der Waals surface area contributed by atoms with Gasteiger partial charge in [-0.3, -0.25) is 4.79 Å². The molecular weight excluding hydrogens is 305 g/mol. The molecule has 1 saturated heterocycles. The molecular formula is C19H24FN3O. The number of hydrogen-bond acceptors (Lipinski definition) is 2. The molecule has 3 rings (SSSR count). The fourth-order valence-corrected chi connectivity index (χ4v) is 3.43. The minimum Gasteiger partial charge on any atom is -0.343 e. The molecule has 2 aromatic rings. The van der Waals surface area contributed by atoms with Gasteiger partial charge in [0.2, 0.25) is 5.91 Å². The Balaban J connectivity index is 1.54. The summed E-state index contributed by atoms with van der Waals surface area (Å²) in [6.45, 7) is 1.61. The second kappa shape index (κ2) is 7.60. The summed E-state index contributed by atoms with van der Waals surface area (Å²) in [5, 5.41) is 0. The van der Waals surface area contributed by atoms with Crippen molar-refractivity contribution in [2.75, 3.05) is 13.1 Å². The van der Waals surface area contributed by atoms with Crippen LogP contribution in [0.25, 0.3) is 0 Å². The van der Waals surface area contributed by atoms with E-state index in [9.17, 15) is 9.18 Å². The third kappa shape index (κ3) is 4.02. The third-order valence-corrected chi connectivity index (χ3v) is 4.93. The van der Waals surface area contributed by atoms with Crippen molar-refractivity contribution in [1.82, 2.24) is 14.5 Å². The Morgan fingerprint density at radius 1 is 1.25 bits per heavy atom. The van der Waals surface area contributed by atoms with Gasteiger partial charge < -0.3 is 9.47 Å². The first kappa shape index (κ1) is 16.7. The zero-order valence-electron chi connectivity index (χ0n) is 14.1. The summed E-state index contributed by atoms with van der Waals surface area (Å²) in [5.74, 6) is 0.441. The van der Waals surface area contributed by atoms with Gasteiger partial charge in [-0.05, 0) is 49.3 Å². The van der Waals surface area contributed by atoms with Crippen LogP contribution in [0.1, 0.15) is 42.9 Å². The Labute approximate surface area is 142 Å². The lowest BCUT2D eigenvalue weighted by molar-refractivity contribution is -0.131. The summed E-state index contributed by atoms with van der Waals surface area (Å²) in [6, 6.07) is 6.80. The molecule has 1 amide bonds. The maximum atomic E-state index is 13.1. The summed E-state index contributed by atoms with van der Waals surface area (Å²) in [5.41, 5.74) is 2.27. The van der Waals surface area contributed by atoms with Gasteiger partial charge in [0.25, 0.3) is 0 Å². The Morgan fingerprint density at radius 3 is 2.75 bits per heavy atom. The van der Waals surface area contributed by atoms with Crippen LogP contribution in [-0.2, 0) is 18.3 Å². The van der Waals surface area contributed by atoms with Crippen molar-refractivity contribution in [1.29, 1.82) is 0 Å². The number of aromatic nitrogens is 2. The van der Waals surface area contributed by atoms with E-state index in [1.807, 2.05) is 34.8 Å². The van der Waals surface area contributed by atoms with Gasteiger partial charge in [0, 0.05) is 38.4 Å². The van der Waals surface area contributed by atoms with Crippen LogP contribution < -0.4 is 0 Å². The highest BCUT2D eigenvalue weighted by molar-refractivity contribution is 5.76. The van der Waals surface area contributed by atoms with E-state index < -0.39 is 0 Å². The van der Waals surface area contributed by atoms with Crippen LogP contribution in [0.4, 0.5) is 4.39 Å². The van der Waals surface area contributed by atoms with E-state index in [4.69, 9.17) is 0 Å². The molecule has 1 aromatic carbocycles. The molecule has 1 aliphatic heterocycles. The topological polar surface area (TPSA) is 38.1 Å². The molecule has 1 aliphatic rings. The third-order valence-electron chi connectivity index (χ3n) is 4.93. The molecule has 0 unspecified atom stereocenters. The van der Waals surface area contributed by atoms with E-state index in [1.165, 1.54) is 17.7 Å². The lowest BCUT2D eigenvalue weighted by Gasteiger charge is -2.21. The summed E-state index contributed by atoms with van der Waals surface area (Å²) >= 11 is 0. The number of hydrogen-bond donors (Lipinski definition) is 0. The smallest absolute Gasteiger partial charge is 0.222 e. The normalized spacial score (nSPS) is 18.4. The largest absolute Gasteiger partial charge is 0.343 e. The van der Waals surface area contributed by atoms with E-state index in [0.717, 1.165) is 44.5 Å². The number of aryl methyl sites for hydroxylation is 2. The second-order valence-corrected chi connectivity index (χ2v) is 6.56. The molecule has 128 valence electrons. The van der Waals surface area contributed by atoms with E-state index >= 15 is 0 Å². The molecule has 0 aliphatic carbocycles. The summed E-state index contributed by atoms with van der Waals surface area (Å²) < 4.78 is 15.0. The lowest BCUT2D eigenvalue weighted by atomic mass is 9.92. The van der Waals surface area contributed by atoms with Gasteiger partial charge in [0.1, 0.15) is 5.82 Å². The molecule has 0 saturated carbocycles. The van der Waals surface area contributed by atoms with Gasteiger partial charge in [0.15, 0.2) is 0 Å². The van der Waals surface area contributed by atoms with Crippen molar-refractivity contribution in [3.63, 3.8) is 0 Å². The molecule has 24 heavy (non-hydrogen) atoms. The molecule has 2 heterocycles. The molecule has 0 radical (unpaired) electrons. The zero-order valence-corrected chi connectivity index (χ0v) is 14.1. The number of carbonyl (C=O) groups is 1. The van der Waals surface area contributed by atoms with Gasteiger partial charge in [-0.25, -0.2) is 9.37 Å². The number of carbonyl (C=O) groups excluding carboxylic acids is 1. The van der Waals surface area contributed by atoms with Gasteiger partial charge in [-0.15, -0.1) is 0 Å². The average molecular weight is 329 g/mol. The average Bonchev–Trinajstić information content (AvgIpc) is 2.84. The van der Waals surface area contributed by atoms with Gasteiger partial charge in [-0.2, -0.15) is 0 Å². The van der Waals surface area contributed by atoms with Crippen molar-refractivity contribution in [3.05, 3.63) is 53.9 Å². The van der Waals surface area contributed by atoms with E-state index in [-0.39, 0.29) is 11.7 Å². The maximum Gasteiger partial charge on any atom is 0.222 e. The number of amides is 1. The first-order chi connectivity index (χ1) is 11.6. The fourth-order valence-electron chi connectivity index (χ4n) is 3.43. The van der Waals surface area contributed by atoms with Crippen LogP contribution in [0.5, 0.6) is 0 Å². The highest BCUT2D eigenvalue weighted by Crippen LogP contribution is 2.28. The minimum atomic E-state index is -0.195. The standard InChI is InChI=1S/C19H24FN3O/c1-22-14-21-13-18(22)8-9-19(24)23-11-2-3-15(10-12-23)16-4-6-17(20)7-5-16/h4-7,13-15H,2-3,8-12H2,1H3/t15-/m1/s1. The number of imidazole rings is 1. The molecule has 1 fully saturated rings. The molecule has 4 nitrogen and oxygen atoms in total. The Morgan fingerprint density at radius 2 is 2.04 bits per heavy atom. The fraction of sp³-hybridized carbons (Fsp3) is 0.474. The highest BCUT2D eigenvalue weighted by Gasteiger charge is 2.21. The van der Waals surface area contributed by atoms with Crippen molar-refractivity contribution >= 4 is 5.91 Å². The zero-order chi connectivity index (χ0) is 16.9. The van der Waals surface area contributed by atoms with Gasteiger partial charge in [0.05, 0.1) is 6.33 Å². The Kier molecular flexibility index (Phi) is 5.28. The molecule has 0 spiro atoms. The highest BCUT2D eigenvalue weighted by atomic mass is 19.1. The van der Waals surface area contributed by atoms with Crippen molar-refractivity contribution in [2.24, 2.45) is 7.05 Å². The van der Waals surface area contributed by atoms with Crippen LogP contribution >= 0.6 is 0 Å². The Bertz CT molecular complexity index is 680. The first-order valence-electron chi connectivity index (χ1n) is 8.62. The van der Waals surface area contributed by atoms with Crippen LogP contribution in [0.15, 0.2) is 36.8 Å². The van der Waals surface area contributed by atoms with E-state index in [2.05, 4.69) is 4.98 Å². The van der Waals surface area contributed by atoms with Crippen LogP contribution in [-0.4, -0.2) is 33.4 Å². The van der Waals surface area contributed by atoms with Gasteiger partial charge >= 0.3 is 0 Å². The van der Waals surface area contributed by atoms with Gasteiger partial charge in [-0.1, -0.05) is 12.1 Å². The molecule has 1 aromatic heterocycles. The van der Waals surface area contributed by atoms with E-state index in [0.29, 0.717) is 12.3 Å². The second-order valence-electron chi connectivity index (χ2n) is 6.56. The molecule has 5 heteroatoms. The number of halogens is 1. The van der Waals surface area contributed by atoms with Crippen LogP contribution in [0.3, 0.4) is 0 Å². The number of likely N-dealkylation sites (tertiary alicyclic amines) is 1. The van der Waals surface area contributed by atoms with Crippen LogP contribution in [0, 0.1) is 5.82 Å².